The van der Waals surface area contributed by atoms with Crippen LogP contribution in [0.4, 0.5) is 15.8 Å². The van der Waals surface area contributed by atoms with Gasteiger partial charge in [0, 0.05) is 11.4 Å². The van der Waals surface area contributed by atoms with E-state index in [0.29, 0.717) is 17.3 Å². The van der Waals surface area contributed by atoms with Gasteiger partial charge in [-0.3, -0.25) is 0 Å². The highest BCUT2D eigenvalue weighted by atomic mass is 32.1. The van der Waals surface area contributed by atoms with E-state index in [2.05, 4.69) is 10.6 Å². The first-order valence-corrected chi connectivity index (χ1v) is 8.51. The minimum Gasteiger partial charge on any atom is -0.462 e. The summed E-state index contributed by atoms with van der Waals surface area (Å²) in [5.41, 5.74) is 2.72. The predicted molar refractivity (Wildman–Crippen MR) is 103 cm³/mol. The van der Waals surface area contributed by atoms with Crippen LogP contribution in [0.5, 0.6) is 0 Å². The Bertz CT molecular complexity index is 748. The normalized spacial score (nSPS) is 10.2. The van der Waals surface area contributed by atoms with Crippen LogP contribution in [0.1, 0.15) is 35.7 Å². The number of carbonyl (C=O) groups excluding carboxylic acids is 1. The first-order valence-electron chi connectivity index (χ1n) is 8.11. The molecule has 0 aliphatic rings. The summed E-state index contributed by atoms with van der Waals surface area (Å²) in [4.78, 5) is 11.8. The van der Waals surface area contributed by atoms with Crippen LogP contribution < -0.4 is 10.6 Å². The van der Waals surface area contributed by atoms with Crippen LogP contribution >= 0.6 is 12.2 Å². The van der Waals surface area contributed by atoms with Gasteiger partial charge < -0.3 is 15.4 Å². The van der Waals surface area contributed by atoms with Gasteiger partial charge in [0.2, 0.25) is 0 Å². The standard InChI is InChI=1S/C19H21FN2O2S/c1-3-4-11-24-18(23)14-5-8-16(9-6-14)21-19(25)22-17-10-7-15(20)12-13(17)2/h5-10,12H,3-4,11H2,1-2H3,(H2,21,22,25). The Balaban J connectivity index is 1.91. The van der Waals surface area contributed by atoms with Crippen molar-refractivity contribution >= 4 is 34.7 Å². The lowest BCUT2D eigenvalue weighted by Gasteiger charge is -2.13. The van der Waals surface area contributed by atoms with E-state index in [1.54, 1.807) is 37.3 Å². The molecule has 0 aliphatic carbocycles. The molecule has 0 aromatic heterocycles. The Morgan fingerprint density at radius 1 is 1.16 bits per heavy atom. The molecular formula is C19H21FN2O2S. The minimum absolute atomic E-state index is 0.289. The lowest BCUT2D eigenvalue weighted by atomic mass is 10.2. The Kier molecular flexibility index (Phi) is 6.89. The summed E-state index contributed by atoms with van der Waals surface area (Å²) in [6.07, 6.45) is 1.84. The third-order valence-electron chi connectivity index (χ3n) is 3.55. The molecule has 0 unspecified atom stereocenters. The van der Waals surface area contributed by atoms with Crippen molar-refractivity contribution in [2.24, 2.45) is 0 Å². The van der Waals surface area contributed by atoms with Crippen LogP contribution in [0.25, 0.3) is 0 Å². The highest BCUT2D eigenvalue weighted by molar-refractivity contribution is 7.80. The topological polar surface area (TPSA) is 50.4 Å². The van der Waals surface area contributed by atoms with Gasteiger partial charge in [0.1, 0.15) is 5.82 Å². The zero-order valence-corrected chi connectivity index (χ0v) is 15.1. The summed E-state index contributed by atoms with van der Waals surface area (Å²) >= 11 is 5.26. The number of thiocarbonyl (C=S) groups is 1. The minimum atomic E-state index is -0.331. The first-order chi connectivity index (χ1) is 12.0. The number of esters is 1. The molecule has 2 aromatic rings. The molecule has 132 valence electrons. The second-order valence-electron chi connectivity index (χ2n) is 5.61. The molecule has 2 aromatic carbocycles. The molecule has 25 heavy (non-hydrogen) atoms. The number of unbranched alkanes of at least 4 members (excludes halogenated alkanes) is 1. The van der Waals surface area contributed by atoms with Crippen molar-refractivity contribution in [3.63, 3.8) is 0 Å². The number of ether oxygens (including phenoxy) is 1. The summed E-state index contributed by atoms with van der Waals surface area (Å²) in [5, 5.41) is 6.43. The van der Waals surface area contributed by atoms with Crippen molar-refractivity contribution in [2.45, 2.75) is 26.7 Å². The van der Waals surface area contributed by atoms with Crippen molar-refractivity contribution in [1.29, 1.82) is 0 Å². The maximum Gasteiger partial charge on any atom is 0.338 e. The highest BCUT2D eigenvalue weighted by Crippen LogP contribution is 2.17. The van der Waals surface area contributed by atoms with Crippen molar-refractivity contribution < 1.29 is 13.9 Å². The molecule has 0 amide bonds. The first kappa shape index (κ1) is 18.9. The molecule has 0 fully saturated rings. The van der Waals surface area contributed by atoms with Gasteiger partial charge >= 0.3 is 5.97 Å². The fraction of sp³-hybridized carbons (Fsp3) is 0.263. The van der Waals surface area contributed by atoms with E-state index in [1.165, 1.54) is 12.1 Å². The second-order valence-corrected chi connectivity index (χ2v) is 6.01. The molecule has 0 saturated carbocycles. The molecule has 0 bridgehead atoms. The molecule has 0 radical (unpaired) electrons. The largest absolute Gasteiger partial charge is 0.462 e. The molecular weight excluding hydrogens is 339 g/mol. The average molecular weight is 360 g/mol. The van der Waals surface area contributed by atoms with Crippen LogP contribution in [-0.4, -0.2) is 17.7 Å². The molecule has 0 heterocycles. The molecule has 6 heteroatoms. The van der Waals surface area contributed by atoms with Gasteiger partial charge in [0.25, 0.3) is 0 Å². The van der Waals surface area contributed by atoms with E-state index in [4.69, 9.17) is 17.0 Å². The Labute approximate surface area is 152 Å². The summed E-state index contributed by atoms with van der Waals surface area (Å²) in [5.74, 6) is -0.619. The third kappa shape index (κ3) is 5.83. The lowest BCUT2D eigenvalue weighted by Crippen LogP contribution is -2.19. The van der Waals surface area contributed by atoms with Crippen LogP contribution in [-0.2, 0) is 4.74 Å². The fourth-order valence-corrected chi connectivity index (χ4v) is 2.36. The van der Waals surface area contributed by atoms with Crippen LogP contribution in [0.15, 0.2) is 42.5 Å². The Hall–Kier alpha value is -2.47. The van der Waals surface area contributed by atoms with E-state index in [-0.39, 0.29) is 11.8 Å². The number of aryl methyl sites for hydroxylation is 1. The van der Waals surface area contributed by atoms with Crippen molar-refractivity contribution in [3.05, 3.63) is 59.4 Å². The monoisotopic (exact) mass is 360 g/mol. The number of nitrogens with one attached hydrogen (secondary N) is 2. The summed E-state index contributed by atoms with van der Waals surface area (Å²) in [6, 6.07) is 11.3. The molecule has 2 rings (SSSR count). The quantitative estimate of drug-likeness (QED) is 0.436. The molecule has 4 nitrogen and oxygen atoms in total. The summed E-state index contributed by atoms with van der Waals surface area (Å²) in [7, 11) is 0. The Morgan fingerprint density at radius 3 is 2.52 bits per heavy atom. The van der Waals surface area contributed by atoms with Gasteiger partial charge in [-0.1, -0.05) is 13.3 Å². The Morgan fingerprint density at radius 2 is 1.88 bits per heavy atom. The number of halogens is 1. The number of benzene rings is 2. The predicted octanol–water partition coefficient (Wildman–Crippen LogP) is 4.90. The van der Waals surface area contributed by atoms with E-state index < -0.39 is 0 Å². The van der Waals surface area contributed by atoms with Gasteiger partial charge in [-0.25, -0.2) is 9.18 Å². The van der Waals surface area contributed by atoms with Crippen molar-refractivity contribution in [2.75, 3.05) is 17.2 Å². The number of anilines is 2. The number of hydrogen-bond donors (Lipinski definition) is 2. The smallest absolute Gasteiger partial charge is 0.338 e. The maximum absolute atomic E-state index is 13.1. The SMILES string of the molecule is CCCCOC(=O)c1ccc(NC(=S)Nc2ccc(F)cc2C)cc1. The molecule has 0 spiro atoms. The van der Waals surface area contributed by atoms with Gasteiger partial charge in [0.05, 0.1) is 12.2 Å². The summed E-state index contributed by atoms with van der Waals surface area (Å²) in [6.45, 7) is 4.27. The average Bonchev–Trinajstić information content (AvgIpc) is 2.58. The van der Waals surface area contributed by atoms with Gasteiger partial charge in [-0.2, -0.15) is 0 Å². The van der Waals surface area contributed by atoms with E-state index in [0.717, 1.165) is 29.8 Å². The third-order valence-corrected chi connectivity index (χ3v) is 3.75. The molecule has 2 N–H and O–H groups in total. The number of rotatable bonds is 6. The number of carbonyl (C=O) groups is 1. The van der Waals surface area contributed by atoms with Crippen molar-refractivity contribution in [1.82, 2.24) is 0 Å². The second kappa shape index (κ2) is 9.13. The maximum atomic E-state index is 13.1. The molecule has 0 saturated heterocycles. The molecule has 0 aliphatic heterocycles. The van der Waals surface area contributed by atoms with Gasteiger partial charge in [-0.15, -0.1) is 0 Å². The summed E-state index contributed by atoms with van der Waals surface area (Å²) < 4.78 is 18.3. The van der Waals surface area contributed by atoms with Gasteiger partial charge in [0.15, 0.2) is 5.11 Å². The van der Waals surface area contributed by atoms with Crippen molar-refractivity contribution in [3.8, 4) is 0 Å². The lowest BCUT2D eigenvalue weighted by molar-refractivity contribution is 0.0500. The van der Waals surface area contributed by atoms with Crippen LogP contribution in [0.3, 0.4) is 0 Å². The number of hydrogen-bond acceptors (Lipinski definition) is 3. The van der Waals surface area contributed by atoms with Crippen LogP contribution in [0.2, 0.25) is 0 Å². The zero-order valence-electron chi connectivity index (χ0n) is 14.3. The fourth-order valence-electron chi connectivity index (χ4n) is 2.13. The van der Waals surface area contributed by atoms with E-state index >= 15 is 0 Å². The zero-order chi connectivity index (χ0) is 18.2. The van der Waals surface area contributed by atoms with Crippen LogP contribution in [0, 0.1) is 12.7 Å². The molecule has 0 atom stereocenters. The van der Waals surface area contributed by atoms with E-state index in [9.17, 15) is 9.18 Å². The van der Waals surface area contributed by atoms with Gasteiger partial charge in [-0.05, 0) is 73.6 Å². The van der Waals surface area contributed by atoms with E-state index in [1.807, 2.05) is 6.92 Å². The highest BCUT2D eigenvalue weighted by Gasteiger charge is 2.07.